The van der Waals surface area contributed by atoms with Crippen LogP contribution in [0.15, 0.2) is 22.8 Å². The summed E-state index contributed by atoms with van der Waals surface area (Å²) in [6.45, 7) is 2.01. The number of halogens is 3. The number of amides is 3. The van der Waals surface area contributed by atoms with E-state index < -0.39 is 18.2 Å². The number of nitrogens with one attached hydrogen (secondary N) is 3. The predicted molar refractivity (Wildman–Crippen MR) is 140 cm³/mol. The Kier molecular flexibility index (Phi) is 9.81. The number of benzene rings is 1. The zero-order chi connectivity index (χ0) is 29.6. The van der Waals surface area contributed by atoms with Crippen LogP contribution in [0.25, 0.3) is 11.0 Å². The Bertz CT molecular complexity index is 1320. The molecule has 1 aromatic carbocycles. The van der Waals surface area contributed by atoms with Gasteiger partial charge >= 0.3 is 12.2 Å². The normalized spacial score (nSPS) is 18.3. The van der Waals surface area contributed by atoms with Crippen molar-refractivity contribution in [2.24, 2.45) is 0 Å². The molecule has 3 amide bonds. The molecule has 12 nitrogen and oxygen atoms in total. The van der Waals surface area contributed by atoms with E-state index in [4.69, 9.17) is 9.47 Å². The van der Waals surface area contributed by atoms with Crippen LogP contribution < -0.4 is 10.6 Å². The van der Waals surface area contributed by atoms with Crippen LogP contribution in [0.4, 0.5) is 18.0 Å². The van der Waals surface area contributed by atoms with E-state index in [1.807, 2.05) is 17.4 Å². The molecule has 3 N–H and O–H groups in total. The van der Waals surface area contributed by atoms with Gasteiger partial charge in [-0.3, -0.25) is 4.79 Å². The van der Waals surface area contributed by atoms with Crippen LogP contribution in [0.5, 0.6) is 0 Å². The minimum atomic E-state index is -4.44. The van der Waals surface area contributed by atoms with Gasteiger partial charge in [0.2, 0.25) is 0 Å². The van der Waals surface area contributed by atoms with Crippen LogP contribution in [0.1, 0.15) is 53.3 Å². The maximum atomic E-state index is 12.7. The largest absolute Gasteiger partial charge is 0.410 e. The molecule has 15 heteroatoms. The third kappa shape index (κ3) is 8.88. The SMILES string of the molecule is CNC(=O)c1nonc1C.COC1CC1.O=C1NC(C(F)(F)F)CN1Cc1ccc2nc(CCOC3CC3)[nH]c2c1. The molecule has 0 spiro atoms. The van der Waals surface area contributed by atoms with Gasteiger partial charge in [-0.1, -0.05) is 11.2 Å². The summed E-state index contributed by atoms with van der Waals surface area (Å²) in [6, 6.07) is 2.89. The Balaban J connectivity index is 0.000000211. The lowest BCUT2D eigenvalue weighted by Gasteiger charge is -2.16. The lowest BCUT2D eigenvalue weighted by molar-refractivity contribution is -0.149. The van der Waals surface area contributed by atoms with Crippen molar-refractivity contribution >= 4 is 23.0 Å². The van der Waals surface area contributed by atoms with Crippen molar-refractivity contribution in [3.05, 3.63) is 41.0 Å². The van der Waals surface area contributed by atoms with Gasteiger partial charge in [-0.05, 0) is 55.5 Å². The number of urea groups is 1. The fraction of sp³-hybridized carbons (Fsp3) is 0.577. The number of alkyl halides is 3. The van der Waals surface area contributed by atoms with Gasteiger partial charge in [-0.2, -0.15) is 13.2 Å². The van der Waals surface area contributed by atoms with Crippen LogP contribution in [-0.2, 0) is 22.4 Å². The van der Waals surface area contributed by atoms with E-state index in [0.29, 0.717) is 30.9 Å². The Morgan fingerprint density at radius 3 is 2.46 bits per heavy atom. The molecule has 3 fully saturated rings. The molecule has 1 atom stereocenters. The van der Waals surface area contributed by atoms with E-state index in [1.54, 1.807) is 20.1 Å². The second-order valence-corrected chi connectivity index (χ2v) is 9.99. The summed E-state index contributed by atoms with van der Waals surface area (Å²) in [7, 11) is 3.29. The molecule has 1 saturated heterocycles. The summed E-state index contributed by atoms with van der Waals surface area (Å²) in [4.78, 5) is 31.4. The zero-order valence-electron chi connectivity index (χ0n) is 23.1. The van der Waals surface area contributed by atoms with E-state index in [1.165, 1.54) is 24.8 Å². The van der Waals surface area contributed by atoms with Crippen molar-refractivity contribution < 1.29 is 36.9 Å². The van der Waals surface area contributed by atoms with Crippen molar-refractivity contribution in [3.8, 4) is 0 Å². The quantitative estimate of drug-likeness (QED) is 0.367. The molecule has 2 aliphatic carbocycles. The van der Waals surface area contributed by atoms with Crippen LogP contribution in [0.3, 0.4) is 0 Å². The van der Waals surface area contributed by atoms with Gasteiger partial charge < -0.3 is 30.0 Å². The standard InChI is InChI=1S/C17H19F3N4O2.C5H7N3O2.C4H8O/c18-17(19,20)14-9-24(16(25)23-14)8-10-1-4-12-13(7-10)22-15(21-12)5-6-26-11-2-3-11;1-3-4(5(9)6-2)8-10-7-3;1-5-4-2-3-4/h1,4,7,11,14H,2-3,5-6,8-9H2,(H,21,22)(H,23,25);1-2H3,(H,6,9);4H,2-3H2,1H3. The summed E-state index contributed by atoms with van der Waals surface area (Å²) in [6.07, 6.45) is 2.11. The maximum Gasteiger partial charge on any atom is 0.410 e. The van der Waals surface area contributed by atoms with E-state index in [2.05, 4.69) is 30.2 Å². The van der Waals surface area contributed by atoms with Gasteiger partial charge in [0.1, 0.15) is 17.6 Å². The number of aromatic nitrogens is 4. The highest BCUT2D eigenvalue weighted by molar-refractivity contribution is 5.92. The molecule has 6 rings (SSSR count). The van der Waals surface area contributed by atoms with Crippen LogP contribution >= 0.6 is 0 Å². The number of rotatable bonds is 8. The van der Waals surface area contributed by atoms with Gasteiger partial charge in [0.25, 0.3) is 5.91 Å². The minimum absolute atomic E-state index is 0.119. The van der Waals surface area contributed by atoms with Gasteiger partial charge in [0, 0.05) is 27.1 Å². The zero-order valence-corrected chi connectivity index (χ0v) is 23.1. The summed E-state index contributed by atoms with van der Waals surface area (Å²) in [5, 5.41) is 11.2. The third-order valence-corrected chi connectivity index (χ3v) is 6.52. The van der Waals surface area contributed by atoms with Crippen molar-refractivity contribution in [3.63, 3.8) is 0 Å². The molecule has 3 aliphatic rings. The van der Waals surface area contributed by atoms with Crippen molar-refractivity contribution in [2.75, 3.05) is 27.3 Å². The number of aromatic amines is 1. The maximum absolute atomic E-state index is 12.7. The summed E-state index contributed by atoms with van der Waals surface area (Å²) < 4.78 is 53.0. The van der Waals surface area contributed by atoms with E-state index in [0.717, 1.165) is 35.3 Å². The Morgan fingerprint density at radius 2 is 1.93 bits per heavy atom. The van der Waals surface area contributed by atoms with Crippen LogP contribution in [0.2, 0.25) is 0 Å². The Labute approximate surface area is 234 Å². The van der Waals surface area contributed by atoms with E-state index in [-0.39, 0.29) is 24.7 Å². The Morgan fingerprint density at radius 1 is 1.20 bits per heavy atom. The number of hydrogen-bond donors (Lipinski definition) is 3. The predicted octanol–water partition coefficient (Wildman–Crippen LogP) is 3.27. The van der Waals surface area contributed by atoms with E-state index >= 15 is 0 Å². The minimum Gasteiger partial charge on any atom is -0.381 e. The molecule has 1 unspecified atom stereocenters. The fourth-order valence-electron chi connectivity index (χ4n) is 3.87. The molecule has 3 aromatic rings. The molecular weight excluding hydrogens is 547 g/mol. The highest BCUT2D eigenvalue weighted by atomic mass is 19.4. The molecular formula is C26H34F3N7O5. The van der Waals surface area contributed by atoms with Crippen molar-refractivity contribution in [1.29, 1.82) is 0 Å². The lowest BCUT2D eigenvalue weighted by Crippen LogP contribution is -2.40. The number of nitrogens with zero attached hydrogens (tertiary/aromatic N) is 4. The van der Waals surface area contributed by atoms with Crippen LogP contribution in [0, 0.1) is 6.92 Å². The summed E-state index contributed by atoms with van der Waals surface area (Å²) in [5.74, 6) is 0.535. The number of H-pyrrole nitrogens is 1. The smallest absolute Gasteiger partial charge is 0.381 e. The molecule has 0 radical (unpaired) electrons. The molecule has 224 valence electrons. The van der Waals surface area contributed by atoms with Gasteiger partial charge in [0.15, 0.2) is 5.69 Å². The average Bonchev–Trinajstić information content (AvgIpc) is 3.84. The third-order valence-electron chi connectivity index (χ3n) is 6.52. The molecule has 0 bridgehead atoms. The second-order valence-electron chi connectivity index (χ2n) is 9.99. The highest BCUT2D eigenvalue weighted by Gasteiger charge is 2.46. The van der Waals surface area contributed by atoms with Gasteiger partial charge in [0.05, 0.1) is 36.4 Å². The van der Waals surface area contributed by atoms with Crippen molar-refractivity contribution in [2.45, 2.75) is 70.0 Å². The number of aryl methyl sites for hydroxylation is 1. The molecule has 1 aliphatic heterocycles. The summed E-state index contributed by atoms with van der Waals surface area (Å²) in [5.41, 5.74) is 3.08. The monoisotopic (exact) mass is 581 g/mol. The topological polar surface area (TPSA) is 148 Å². The number of ether oxygens (including phenoxy) is 2. The van der Waals surface area contributed by atoms with Crippen LogP contribution in [-0.4, -0.2) is 88.9 Å². The lowest BCUT2D eigenvalue weighted by atomic mass is 10.2. The van der Waals surface area contributed by atoms with Gasteiger partial charge in [-0.25, -0.2) is 14.4 Å². The molecule has 41 heavy (non-hydrogen) atoms. The summed E-state index contributed by atoms with van der Waals surface area (Å²) >= 11 is 0. The molecule has 2 aromatic heterocycles. The molecule has 2 saturated carbocycles. The first-order chi connectivity index (χ1) is 19.6. The number of fused-ring (bicyclic) bond motifs is 1. The van der Waals surface area contributed by atoms with E-state index in [9.17, 15) is 22.8 Å². The number of imidazole rings is 1. The number of carbonyl (C=O) groups is 2. The first kappa shape index (κ1) is 30.2. The first-order valence-corrected chi connectivity index (χ1v) is 13.3. The number of hydrogen-bond acceptors (Lipinski definition) is 8. The number of carbonyl (C=O) groups excluding carboxylic acids is 2. The molecule has 3 heterocycles. The highest BCUT2D eigenvalue weighted by Crippen LogP contribution is 2.26. The second kappa shape index (κ2) is 13.3. The average molecular weight is 582 g/mol. The van der Waals surface area contributed by atoms with Crippen molar-refractivity contribution in [1.82, 2.24) is 35.8 Å². The first-order valence-electron chi connectivity index (χ1n) is 13.3. The Hall–Kier alpha value is -3.72. The fourth-order valence-corrected chi connectivity index (χ4v) is 3.87. The number of methoxy groups -OCH3 is 1. The van der Waals surface area contributed by atoms with Gasteiger partial charge in [-0.15, -0.1) is 0 Å².